The first kappa shape index (κ1) is 13.7. The molecule has 0 radical (unpaired) electrons. The van der Waals surface area contributed by atoms with E-state index in [1.807, 2.05) is 24.3 Å². The lowest BCUT2D eigenvalue weighted by molar-refractivity contribution is -0.117. The third-order valence-corrected chi connectivity index (χ3v) is 3.99. The molecule has 0 aliphatic carbocycles. The van der Waals surface area contributed by atoms with Gasteiger partial charge in [0, 0.05) is 12.8 Å². The number of nitrogens with zero attached hydrogens (tertiary/aromatic N) is 1. The maximum absolute atomic E-state index is 11.4. The van der Waals surface area contributed by atoms with Crippen molar-refractivity contribution in [3.8, 4) is 0 Å². The molecule has 0 amide bonds. The van der Waals surface area contributed by atoms with Gasteiger partial charge >= 0.3 is 0 Å². The van der Waals surface area contributed by atoms with Gasteiger partial charge in [0.25, 0.3) is 0 Å². The van der Waals surface area contributed by atoms with Crippen molar-refractivity contribution in [2.75, 3.05) is 0 Å². The van der Waals surface area contributed by atoms with Crippen molar-refractivity contribution in [1.82, 2.24) is 0 Å². The van der Waals surface area contributed by atoms with Gasteiger partial charge in [0.2, 0.25) is 0 Å². The number of carbonyl (C=O) groups is 1. The summed E-state index contributed by atoms with van der Waals surface area (Å²) in [5.41, 5.74) is 3.43. The van der Waals surface area contributed by atoms with Crippen LogP contribution < -0.4 is 0 Å². The zero-order valence-corrected chi connectivity index (χ0v) is 12.3. The molecule has 0 saturated carbocycles. The van der Waals surface area contributed by atoms with Gasteiger partial charge in [-0.05, 0) is 24.5 Å². The molecule has 1 heterocycles. The number of hydrogen-bond acceptors (Lipinski definition) is 2. The lowest BCUT2D eigenvalue weighted by Gasteiger charge is -2.15. The molecule has 2 aromatic rings. The first-order valence-electron chi connectivity index (χ1n) is 7.39. The van der Waals surface area contributed by atoms with Crippen LogP contribution >= 0.6 is 0 Å². The van der Waals surface area contributed by atoms with E-state index < -0.39 is 0 Å². The van der Waals surface area contributed by atoms with Crippen molar-refractivity contribution in [2.24, 2.45) is 4.99 Å². The fraction of sp³-hybridized carbons (Fsp3) is 0.263. The number of Topliss-reactive ketones (excluding diaryl/α,β-unsaturated/α-hetero) is 1. The van der Waals surface area contributed by atoms with Gasteiger partial charge in [-0.25, -0.2) is 0 Å². The molecule has 1 aliphatic heterocycles. The number of ketones is 1. The van der Waals surface area contributed by atoms with E-state index >= 15 is 0 Å². The molecule has 2 heteroatoms. The summed E-state index contributed by atoms with van der Waals surface area (Å²) in [6, 6.07) is 20.7. The highest BCUT2D eigenvalue weighted by Gasteiger charge is 2.47. The minimum atomic E-state index is -0.172. The van der Waals surface area contributed by atoms with Crippen molar-refractivity contribution in [2.45, 2.75) is 31.7 Å². The Morgan fingerprint density at radius 2 is 1.62 bits per heavy atom. The predicted molar refractivity (Wildman–Crippen MR) is 85.8 cm³/mol. The molecule has 0 fully saturated rings. The van der Waals surface area contributed by atoms with Gasteiger partial charge in [-0.15, -0.1) is 0 Å². The van der Waals surface area contributed by atoms with Crippen LogP contribution in [0.3, 0.4) is 0 Å². The van der Waals surface area contributed by atoms with Crippen LogP contribution in [0.25, 0.3) is 0 Å². The first-order chi connectivity index (χ1) is 10.2. The van der Waals surface area contributed by atoms with Gasteiger partial charge in [0.15, 0.2) is 0 Å². The van der Waals surface area contributed by atoms with Crippen LogP contribution in [0.4, 0.5) is 0 Å². The minimum Gasteiger partial charge on any atom is -0.300 e. The summed E-state index contributed by atoms with van der Waals surface area (Å²) < 4.78 is 0. The van der Waals surface area contributed by atoms with Crippen molar-refractivity contribution < 1.29 is 4.79 Å². The van der Waals surface area contributed by atoms with E-state index in [4.69, 9.17) is 4.99 Å². The molecular formula is C19H19NO. The summed E-state index contributed by atoms with van der Waals surface area (Å²) in [6.45, 7) is 1.65. The second kappa shape index (κ2) is 5.65. The van der Waals surface area contributed by atoms with Crippen LogP contribution in [0.1, 0.15) is 30.9 Å². The number of carbonyl (C=O) groups excluding carboxylic acids is 1. The molecule has 3 rings (SSSR count). The lowest BCUT2D eigenvalue weighted by Crippen LogP contribution is -2.24. The van der Waals surface area contributed by atoms with E-state index in [1.165, 1.54) is 11.1 Å². The van der Waals surface area contributed by atoms with Crippen LogP contribution in [-0.4, -0.2) is 17.0 Å². The Labute approximate surface area is 125 Å². The first-order valence-corrected chi connectivity index (χ1v) is 7.39. The van der Waals surface area contributed by atoms with E-state index in [-0.39, 0.29) is 11.3 Å². The highest BCUT2D eigenvalue weighted by molar-refractivity contribution is 6.17. The Morgan fingerprint density at radius 1 is 1.00 bits per heavy atom. The Bertz CT molecular complexity index is 660. The fourth-order valence-corrected chi connectivity index (χ4v) is 2.82. The van der Waals surface area contributed by atoms with Gasteiger partial charge < -0.3 is 4.79 Å². The molecule has 0 bridgehead atoms. The van der Waals surface area contributed by atoms with Crippen LogP contribution in [-0.2, 0) is 11.2 Å². The molecule has 0 aromatic heterocycles. The van der Waals surface area contributed by atoms with Crippen LogP contribution in [0.15, 0.2) is 65.7 Å². The van der Waals surface area contributed by atoms with Crippen LogP contribution in [0.5, 0.6) is 0 Å². The summed E-state index contributed by atoms with van der Waals surface area (Å²) in [4.78, 5) is 16.2. The molecule has 1 aliphatic rings. The molecule has 106 valence electrons. The summed E-state index contributed by atoms with van der Waals surface area (Å²) in [7, 11) is 0. The Morgan fingerprint density at radius 3 is 2.24 bits per heavy atom. The average molecular weight is 277 g/mol. The van der Waals surface area contributed by atoms with E-state index in [2.05, 4.69) is 36.4 Å². The predicted octanol–water partition coefficient (Wildman–Crippen LogP) is 3.84. The maximum Gasteiger partial charge on any atom is 0.129 e. The maximum atomic E-state index is 11.4. The van der Waals surface area contributed by atoms with Gasteiger partial charge in [0.05, 0.1) is 5.71 Å². The van der Waals surface area contributed by atoms with E-state index in [0.717, 1.165) is 18.6 Å². The smallest absolute Gasteiger partial charge is 0.129 e. The summed E-state index contributed by atoms with van der Waals surface area (Å²) in [5.74, 6) is 0.233. The largest absolute Gasteiger partial charge is 0.300 e. The molecule has 2 nitrogen and oxygen atoms in total. The van der Waals surface area contributed by atoms with E-state index in [9.17, 15) is 4.79 Å². The van der Waals surface area contributed by atoms with Crippen LogP contribution in [0.2, 0.25) is 0 Å². The number of rotatable bonds is 6. The highest BCUT2D eigenvalue weighted by atomic mass is 16.1. The normalized spacial score (nSPS) is 20.0. The average Bonchev–Trinajstić information content (AvgIpc) is 3.22. The molecular weight excluding hydrogens is 258 g/mol. The Balaban J connectivity index is 1.80. The van der Waals surface area contributed by atoms with Gasteiger partial charge in [-0.2, -0.15) is 0 Å². The van der Waals surface area contributed by atoms with Crippen LogP contribution in [0, 0.1) is 0 Å². The van der Waals surface area contributed by atoms with Crippen molar-refractivity contribution in [1.29, 1.82) is 0 Å². The summed E-state index contributed by atoms with van der Waals surface area (Å²) >= 11 is 0. The topological polar surface area (TPSA) is 29.4 Å². The number of benzene rings is 2. The quantitative estimate of drug-likeness (QED) is 0.788. The third kappa shape index (κ3) is 3.10. The molecule has 0 saturated heterocycles. The number of aliphatic imine (C=N–C) groups is 1. The Kier molecular flexibility index (Phi) is 3.70. The summed E-state index contributed by atoms with van der Waals surface area (Å²) in [5, 5.41) is 0. The third-order valence-electron chi connectivity index (χ3n) is 3.99. The number of hydrogen-bond donors (Lipinski definition) is 0. The second-order valence-corrected chi connectivity index (χ2v) is 5.72. The minimum absolute atomic E-state index is 0.172. The molecule has 1 atom stereocenters. The zero-order chi connectivity index (χ0) is 14.7. The molecule has 1 unspecified atom stereocenters. The SMILES string of the molecule is CC(=O)CCC1(Cc2ccccc2)N=C1c1ccccc1. The lowest BCUT2D eigenvalue weighted by atomic mass is 9.86. The van der Waals surface area contributed by atoms with Crippen molar-refractivity contribution >= 4 is 11.5 Å². The van der Waals surface area contributed by atoms with Crippen molar-refractivity contribution in [3.05, 3.63) is 71.8 Å². The summed E-state index contributed by atoms with van der Waals surface area (Å²) in [6.07, 6.45) is 2.28. The molecule has 2 aromatic carbocycles. The van der Waals surface area contributed by atoms with Crippen molar-refractivity contribution in [3.63, 3.8) is 0 Å². The monoisotopic (exact) mass is 277 g/mol. The van der Waals surface area contributed by atoms with Gasteiger partial charge in [-0.1, -0.05) is 60.7 Å². The molecule has 21 heavy (non-hydrogen) atoms. The highest BCUT2D eigenvalue weighted by Crippen LogP contribution is 2.40. The van der Waals surface area contributed by atoms with E-state index in [0.29, 0.717) is 6.42 Å². The van der Waals surface area contributed by atoms with Gasteiger partial charge in [0.1, 0.15) is 11.3 Å². The second-order valence-electron chi connectivity index (χ2n) is 5.72. The molecule has 0 N–H and O–H groups in total. The van der Waals surface area contributed by atoms with E-state index in [1.54, 1.807) is 6.92 Å². The standard InChI is InChI=1S/C19H19NO/c1-15(21)12-13-19(14-16-8-4-2-5-9-16)18(20-19)17-10-6-3-7-11-17/h2-11H,12-14H2,1H3. The molecule has 0 spiro atoms. The Hall–Kier alpha value is -2.22. The fourth-order valence-electron chi connectivity index (χ4n) is 2.82. The van der Waals surface area contributed by atoms with Gasteiger partial charge in [-0.3, -0.25) is 4.99 Å². The zero-order valence-electron chi connectivity index (χ0n) is 12.3.